The van der Waals surface area contributed by atoms with Gasteiger partial charge in [0.25, 0.3) is 11.4 Å². The van der Waals surface area contributed by atoms with Crippen LogP contribution in [0.4, 0.5) is 11.4 Å². The monoisotopic (exact) mass is 718 g/mol. The summed E-state index contributed by atoms with van der Waals surface area (Å²) in [6, 6.07) is 9.75. The zero-order chi connectivity index (χ0) is 34.8. The van der Waals surface area contributed by atoms with Crippen LogP contribution in [0.15, 0.2) is 48.5 Å². The maximum Gasteiger partial charge on any atom is 0.473 e. The van der Waals surface area contributed by atoms with Gasteiger partial charge in [-0.05, 0) is 26.0 Å². The van der Waals surface area contributed by atoms with Crippen LogP contribution in [0.1, 0.15) is 37.2 Å². The first-order valence-electron chi connectivity index (χ1n) is 12.8. The Hall–Kier alpha value is -2.55. The number of phosphoric acid groups is 3. The zero-order valence-electron chi connectivity index (χ0n) is 23.5. The minimum Gasteiger partial charge on any atom is -0.387 e. The maximum absolute atomic E-state index is 13.1. The third-order valence-corrected chi connectivity index (χ3v) is 9.22. The van der Waals surface area contributed by atoms with E-state index in [-0.39, 0.29) is 11.1 Å². The second kappa shape index (κ2) is 14.7. The standard InChI is InChI=1S/C22H29N2O19P3/c1-11(13-7-3-5-9-15(13)23(28)29)39-45(35,36)42-21-18(26)17(25)20(41-44(32,33)34)19(27)22(21)43-46(37,38)40-12(2)14-8-4-6-10-16(14)24(30)31/h3-12,17-22,25-27H,1-2H3,(H,35,36)(H,37,38)(H2,32,33,34)/t11?,12?,17-,18+,19+,20-,21-,22-/m1/s1. The Balaban J connectivity index is 1.95. The third kappa shape index (κ3) is 9.51. The number of hydrogen-bond acceptors (Lipinski definition) is 15. The fourth-order valence-corrected chi connectivity index (χ4v) is 7.36. The fraction of sp³-hybridized carbons (Fsp3) is 0.455. The van der Waals surface area contributed by atoms with Gasteiger partial charge in [-0.3, -0.25) is 42.8 Å². The van der Waals surface area contributed by atoms with Crippen molar-refractivity contribution in [2.24, 2.45) is 0 Å². The van der Waals surface area contributed by atoms with Gasteiger partial charge in [0.05, 0.1) is 33.2 Å². The average Bonchev–Trinajstić information content (AvgIpc) is 2.94. The molecule has 2 aromatic carbocycles. The van der Waals surface area contributed by atoms with E-state index in [1.54, 1.807) is 0 Å². The number of para-hydroxylation sites is 2. The van der Waals surface area contributed by atoms with E-state index in [1.165, 1.54) is 36.4 Å². The lowest BCUT2D eigenvalue weighted by Gasteiger charge is -2.45. The molecule has 3 rings (SSSR count). The first-order valence-corrected chi connectivity index (χ1v) is 17.3. The molecule has 0 spiro atoms. The number of aliphatic hydroxyl groups is 3. The first-order chi connectivity index (χ1) is 21.1. The molecular formula is C22H29N2O19P3. The van der Waals surface area contributed by atoms with Crippen LogP contribution >= 0.6 is 23.5 Å². The van der Waals surface area contributed by atoms with Gasteiger partial charge in [0.1, 0.15) is 36.6 Å². The van der Waals surface area contributed by atoms with Crippen molar-refractivity contribution in [1.29, 1.82) is 0 Å². The molecule has 24 heteroatoms. The first kappa shape index (κ1) is 37.9. The predicted molar refractivity (Wildman–Crippen MR) is 150 cm³/mol. The van der Waals surface area contributed by atoms with E-state index in [4.69, 9.17) is 18.1 Å². The summed E-state index contributed by atoms with van der Waals surface area (Å²) in [5, 5.41) is 54.7. The fourth-order valence-electron chi connectivity index (χ4n) is 4.56. The van der Waals surface area contributed by atoms with Gasteiger partial charge in [-0.1, -0.05) is 24.3 Å². The summed E-state index contributed by atoms with van der Waals surface area (Å²) in [5.41, 5.74) is -1.50. The molecule has 10 atom stereocenters. The molecule has 1 aliphatic rings. The van der Waals surface area contributed by atoms with Gasteiger partial charge < -0.3 is 34.9 Å². The Morgan fingerprint density at radius 3 is 1.35 bits per heavy atom. The van der Waals surface area contributed by atoms with E-state index in [0.717, 1.165) is 26.0 Å². The third-order valence-electron chi connectivity index (χ3n) is 6.51. The van der Waals surface area contributed by atoms with Crippen LogP contribution in [0, 0.1) is 20.2 Å². The number of hydrogen-bond donors (Lipinski definition) is 7. The van der Waals surface area contributed by atoms with Gasteiger partial charge >= 0.3 is 23.5 Å². The molecule has 1 fully saturated rings. The van der Waals surface area contributed by atoms with Crippen LogP contribution in [0.3, 0.4) is 0 Å². The van der Waals surface area contributed by atoms with Crippen molar-refractivity contribution >= 4 is 34.8 Å². The molecule has 0 saturated heterocycles. The molecule has 1 aliphatic carbocycles. The highest BCUT2D eigenvalue weighted by Gasteiger charge is 2.57. The molecule has 0 amide bonds. The second-order valence-corrected chi connectivity index (χ2v) is 13.6. The van der Waals surface area contributed by atoms with Gasteiger partial charge in [0.2, 0.25) is 0 Å². The Kier molecular flexibility index (Phi) is 12.1. The number of aliphatic hydroxyl groups excluding tert-OH is 3. The molecule has 21 nitrogen and oxygen atoms in total. The van der Waals surface area contributed by atoms with E-state index in [9.17, 15) is 68.8 Å². The molecule has 1 saturated carbocycles. The topological polar surface area (TPSA) is 325 Å². The Morgan fingerprint density at radius 2 is 0.978 bits per heavy atom. The SMILES string of the molecule is CC(OP(=O)(O)O[C@@H]1[C@@H](O)[C@@H](O)[C@@H](OP(=O)(O)O)[C@H](O)[C@H]1OP(=O)(O)OC(C)c1ccccc1[N+](=O)[O-])c1ccccc1[N+](=O)[O-]. The molecular weight excluding hydrogens is 689 g/mol. The Bertz CT molecular complexity index is 1570. The predicted octanol–water partition coefficient (Wildman–Crippen LogP) is 1.90. The van der Waals surface area contributed by atoms with Crippen molar-refractivity contribution in [1.82, 2.24) is 0 Å². The molecule has 256 valence electrons. The Morgan fingerprint density at radius 1 is 0.630 bits per heavy atom. The normalized spacial score (nSPS) is 27.6. The van der Waals surface area contributed by atoms with E-state index in [2.05, 4.69) is 4.52 Å². The highest BCUT2D eigenvalue weighted by molar-refractivity contribution is 7.47. The van der Waals surface area contributed by atoms with Crippen molar-refractivity contribution in [3.8, 4) is 0 Å². The summed E-state index contributed by atoms with van der Waals surface area (Å²) in [4.78, 5) is 60.6. The van der Waals surface area contributed by atoms with E-state index < -0.39 is 93.5 Å². The number of nitrogens with zero attached hydrogens (tertiary/aromatic N) is 2. The summed E-state index contributed by atoms with van der Waals surface area (Å²) in [5.74, 6) is 0. The lowest BCUT2D eigenvalue weighted by molar-refractivity contribution is -0.386. The van der Waals surface area contributed by atoms with Crippen LogP contribution in [0.2, 0.25) is 0 Å². The summed E-state index contributed by atoms with van der Waals surface area (Å²) < 4.78 is 61.6. The van der Waals surface area contributed by atoms with Crippen LogP contribution in [-0.4, -0.2) is 81.4 Å². The van der Waals surface area contributed by atoms with Crippen LogP contribution < -0.4 is 0 Å². The second-order valence-electron chi connectivity index (χ2n) is 9.74. The highest BCUT2D eigenvalue weighted by Crippen LogP contribution is 2.56. The van der Waals surface area contributed by atoms with Crippen molar-refractivity contribution in [2.75, 3.05) is 0 Å². The number of rotatable bonds is 14. The number of nitro benzene ring substituents is 2. The van der Waals surface area contributed by atoms with Gasteiger partial charge in [-0.25, -0.2) is 13.7 Å². The zero-order valence-corrected chi connectivity index (χ0v) is 26.2. The van der Waals surface area contributed by atoms with E-state index in [1.807, 2.05) is 0 Å². The summed E-state index contributed by atoms with van der Waals surface area (Å²) in [6.07, 6.45) is -18.4. The van der Waals surface area contributed by atoms with Gasteiger partial charge in [-0.2, -0.15) is 0 Å². The van der Waals surface area contributed by atoms with Gasteiger partial charge in [0.15, 0.2) is 0 Å². The van der Waals surface area contributed by atoms with E-state index in [0.29, 0.717) is 0 Å². The van der Waals surface area contributed by atoms with Crippen LogP contribution in [0.25, 0.3) is 0 Å². The van der Waals surface area contributed by atoms with Crippen molar-refractivity contribution in [3.05, 3.63) is 79.9 Å². The smallest absolute Gasteiger partial charge is 0.387 e. The lowest BCUT2D eigenvalue weighted by Crippen LogP contribution is -2.65. The summed E-state index contributed by atoms with van der Waals surface area (Å²) >= 11 is 0. The molecule has 46 heavy (non-hydrogen) atoms. The van der Waals surface area contributed by atoms with Crippen LogP contribution in [0.5, 0.6) is 0 Å². The van der Waals surface area contributed by atoms with Gasteiger partial charge in [0, 0.05) is 12.1 Å². The minimum absolute atomic E-state index is 0.213. The molecule has 0 aromatic heterocycles. The lowest BCUT2D eigenvalue weighted by atomic mass is 9.85. The molecule has 0 aliphatic heterocycles. The molecule has 2 aromatic rings. The largest absolute Gasteiger partial charge is 0.473 e. The van der Waals surface area contributed by atoms with Gasteiger partial charge in [-0.15, -0.1) is 0 Å². The van der Waals surface area contributed by atoms with E-state index >= 15 is 0 Å². The molecule has 0 bridgehead atoms. The molecule has 0 radical (unpaired) electrons. The maximum atomic E-state index is 13.1. The number of phosphoric ester groups is 3. The van der Waals surface area contributed by atoms with Crippen molar-refractivity contribution < 1.29 is 81.1 Å². The number of benzene rings is 2. The van der Waals surface area contributed by atoms with Crippen molar-refractivity contribution in [2.45, 2.75) is 62.7 Å². The van der Waals surface area contributed by atoms with Crippen molar-refractivity contribution in [3.63, 3.8) is 0 Å². The summed E-state index contributed by atoms with van der Waals surface area (Å²) in [6.45, 7) is 2.20. The summed E-state index contributed by atoms with van der Waals surface area (Å²) in [7, 11) is -16.7. The molecule has 7 N–H and O–H groups in total. The van der Waals surface area contributed by atoms with Crippen LogP contribution in [-0.2, 0) is 36.3 Å². The quantitative estimate of drug-likeness (QED) is 0.0833. The average molecular weight is 718 g/mol. The molecule has 4 unspecified atom stereocenters. The number of nitro groups is 2. The highest BCUT2D eigenvalue weighted by atomic mass is 31.2. The Labute approximate surface area is 258 Å². The molecule has 0 heterocycles. The minimum atomic E-state index is -5.58.